The van der Waals surface area contributed by atoms with Gasteiger partial charge in [0.1, 0.15) is 16.7 Å². The number of thioether (sulfide) groups is 1. The second-order valence-corrected chi connectivity index (χ2v) is 8.80. The summed E-state index contributed by atoms with van der Waals surface area (Å²) >= 11 is 2.84. The normalized spacial score (nSPS) is 16.6. The van der Waals surface area contributed by atoms with Crippen molar-refractivity contribution in [2.75, 3.05) is 18.1 Å². The van der Waals surface area contributed by atoms with Crippen LogP contribution in [-0.4, -0.2) is 35.3 Å². The van der Waals surface area contributed by atoms with Gasteiger partial charge in [0, 0.05) is 6.42 Å². The third-order valence-corrected chi connectivity index (χ3v) is 6.70. The lowest BCUT2D eigenvalue weighted by Gasteiger charge is -2.18. The van der Waals surface area contributed by atoms with Crippen molar-refractivity contribution in [3.63, 3.8) is 0 Å². The lowest BCUT2D eigenvalue weighted by atomic mass is 10.2. The van der Waals surface area contributed by atoms with Gasteiger partial charge in [-0.2, -0.15) is 0 Å². The summed E-state index contributed by atoms with van der Waals surface area (Å²) in [5.41, 5.74) is 1.36. The highest BCUT2D eigenvalue weighted by Gasteiger charge is 2.41. The summed E-state index contributed by atoms with van der Waals surface area (Å²) in [5.74, 6) is 0.873. The van der Waals surface area contributed by atoms with Crippen molar-refractivity contribution in [1.29, 1.82) is 0 Å². The molecule has 0 radical (unpaired) electrons. The molecule has 3 aromatic rings. The fourth-order valence-corrected chi connectivity index (χ4v) is 5.54. The van der Waals surface area contributed by atoms with Crippen molar-refractivity contribution in [1.82, 2.24) is 4.98 Å². The van der Waals surface area contributed by atoms with Crippen LogP contribution in [-0.2, 0) is 9.59 Å². The van der Waals surface area contributed by atoms with E-state index >= 15 is 0 Å². The lowest BCUT2D eigenvalue weighted by Crippen LogP contribution is -2.31. The standard InChI is InChI=1S/C21H20N2O4S2/c1-3-26-13-9-10-14-17(11-13)28-21(22-14)29-18-12-19(24)23(20(18)25)15-7-5-6-8-16(15)27-4-2/h5-11,18H,3-4,12H2,1-2H3. The molecule has 150 valence electrons. The fourth-order valence-electron chi connectivity index (χ4n) is 3.18. The molecule has 0 saturated carbocycles. The second-order valence-electron chi connectivity index (χ2n) is 6.32. The Bertz CT molecular complexity index is 1070. The van der Waals surface area contributed by atoms with Crippen LogP contribution < -0.4 is 14.4 Å². The number of benzene rings is 2. The van der Waals surface area contributed by atoms with Gasteiger partial charge in [0.05, 0.1) is 29.1 Å². The van der Waals surface area contributed by atoms with Crippen LogP contribution in [0.5, 0.6) is 11.5 Å². The maximum atomic E-state index is 13.0. The number of nitrogens with zero attached hydrogens (tertiary/aromatic N) is 2. The molecule has 1 saturated heterocycles. The van der Waals surface area contributed by atoms with Crippen molar-refractivity contribution < 1.29 is 19.1 Å². The Morgan fingerprint density at radius 1 is 1.14 bits per heavy atom. The summed E-state index contributed by atoms with van der Waals surface area (Å²) in [6.45, 7) is 4.87. The predicted octanol–water partition coefficient (Wildman–Crippen LogP) is 4.52. The maximum Gasteiger partial charge on any atom is 0.247 e. The molecule has 4 rings (SSSR count). The molecule has 1 aliphatic rings. The van der Waals surface area contributed by atoms with Crippen LogP contribution >= 0.6 is 23.1 Å². The Morgan fingerprint density at radius 2 is 1.93 bits per heavy atom. The molecule has 1 unspecified atom stereocenters. The number of ether oxygens (including phenoxy) is 2. The number of thiazole rings is 1. The van der Waals surface area contributed by atoms with Gasteiger partial charge in [-0.3, -0.25) is 9.59 Å². The topological polar surface area (TPSA) is 68.7 Å². The summed E-state index contributed by atoms with van der Waals surface area (Å²) in [6, 6.07) is 12.9. The quantitative estimate of drug-likeness (QED) is 0.516. The van der Waals surface area contributed by atoms with Crippen LogP contribution in [0.15, 0.2) is 46.8 Å². The number of anilines is 1. The second kappa shape index (κ2) is 8.42. The Morgan fingerprint density at radius 3 is 2.72 bits per heavy atom. The Balaban J connectivity index is 1.56. The minimum atomic E-state index is -0.496. The van der Waals surface area contributed by atoms with Crippen molar-refractivity contribution in [3.8, 4) is 11.5 Å². The molecule has 0 aliphatic carbocycles. The number of fused-ring (bicyclic) bond motifs is 1. The lowest BCUT2D eigenvalue weighted by molar-refractivity contribution is -0.121. The number of rotatable bonds is 7. The molecule has 0 bridgehead atoms. The molecule has 1 atom stereocenters. The van der Waals surface area contributed by atoms with Gasteiger partial charge in [-0.25, -0.2) is 9.88 Å². The largest absolute Gasteiger partial charge is 0.494 e. The van der Waals surface area contributed by atoms with Crippen molar-refractivity contribution in [3.05, 3.63) is 42.5 Å². The van der Waals surface area contributed by atoms with E-state index in [4.69, 9.17) is 9.47 Å². The SMILES string of the molecule is CCOc1ccc2nc(SC3CC(=O)N(c4ccccc4OCC)C3=O)sc2c1. The summed E-state index contributed by atoms with van der Waals surface area (Å²) in [4.78, 5) is 31.5. The van der Waals surface area contributed by atoms with E-state index in [0.717, 1.165) is 20.3 Å². The first-order valence-electron chi connectivity index (χ1n) is 9.39. The average molecular weight is 429 g/mol. The van der Waals surface area contributed by atoms with E-state index in [0.29, 0.717) is 24.7 Å². The highest BCUT2D eigenvalue weighted by Crippen LogP contribution is 2.40. The number of amides is 2. The summed E-state index contributed by atoms with van der Waals surface area (Å²) in [5, 5.41) is -0.496. The zero-order chi connectivity index (χ0) is 20.4. The Hall–Kier alpha value is -2.58. The van der Waals surface area contributed by atoms with E-state index in [2.05, 4.69) is 4.98 Å². The molecular formula is C21H20N2O4S2. The van der Waals surface area contributed by atoms with E-state index < -0.39 is 5.25 Å². The van der Waals surface area contributed by atoms with Gasteiger partial charge >= 0.3 is 0 Å². The van der Waals surface area contributed by atoms with E-state index in [9.17, 15) is 9.59 Å². The van der Waals surface area contributed by atoms with Crippen LogP contribution in [0.3, 0.4) is 0 Å². The number of imide groups is 1. The number of carbonyl (C=O) groups excluding carboxylic acids is 2. The molecule has 8 heteroatoms. The number of hydrogen-bond donors (Lipinski definition) is 0. The van der Waals surface area contributed by atoms with Crippen LogP contribution in [0.25, 0.3) is 10.2 Å². The van der Waals surface area contributed by atoms with Crippen LogP contribution in [0, 0.1) is 0 Å². The van der Waals surface area contributed by atoms with Crippen molar-refractivity contribution in [2.45, 2.75) is 29.9 Å². The molecule has 1 fully saturated rings. The van der Waals surface area contributed by atoms with Gasteiger partial charge in [0.25, 0.3) is 0 Å². The number of carbonyl (C=O) groups is 2. The summed E-state index contributed by atoms with van der Waals surface area (Å²) in [7, 11) is 0. The summed E-state index contributed by atoms with van der Waals surface area (Å²) < 4.78 is 12.9. The molecule has 2 amide bonds. The van der Waals surface area contributed by atoms with Gasteiger partial charge in [0.2, 0.25) is 11.8 Å². The number of aromatic nitrogens is 1. The van der Waals surface area contributed by atoms with E-state index in [1.807, 2.05) is 38.1 Å². The average Bonchev–Trinajstić information content (AvgIpc) is 3.22. The van der Waals surface area contributed by atoms with E-state index in [-0.39, 0.29) is 18.2 Å². The van der Waals surface area contributed by atoms with Gasteiger partial charge in [-0.05, 0) is 44.2 Å². The van der Waals surface area contributed by atoms with Crippen molar-refractivity contribution >= 4 is 50.8 Å². The smallest absolute Gasteiger partial charge is 0.247 e. The molecule has 2 aromatic carbocycles. The van der Waals surface area contributed by atoms with Crippen molar-refractivity contribution in [2.24, 2.45) is 0 Å². The minimum absolute atomic E-state index is 0.143. The van der Waals surface area contributed by atoms with Gasteiger partial charge in [0.15, 0.2) is 4.34 Å². The molecule has 29 heavy (non-hydrogen) atoms. The molecule has 1 aromatic heterocycles. The molecule has 0 N–H and O–H groups in total. The van der Waals surface area contributed by atoms with E-state index in [1.165, 1.54) is 28.0 Å². The monoisotopic (exact) mass is 428 g/mol. The molecular weight excluding hydrogens is 408 g/mol. The van der Waals surface area contributed by atoms with Crippen LogP contribution in [0.1, 0.15) is 20.3 Å². The predicted molar refractivity (Wildman–Crippen MR) is 115 cm³/mol. The zero-order valence-corrected chi connectivity index (χ0v) is 17.7. The third-order valence-electron chi connectivity index (χ3n) is 4.41. The third kappa shape index (κ3) is 3.95. The first kappa shape index (κ1) is 19.7. The van der Waals surface area contributed by atoms with Crippen LogP contribution in [0.2, 0.25) is 0 Å². The number of hydrogen-bond acceptors (Lipinski definition) is 7. The zero-order valence-electron chi connectivity index (χ0n) is 16.1. The van der Waals surface area contributed by atoms with Gasteiger partial charge in [-0.1, -0.05) is 23.9 Å². The Kier molecular flexibility index (Phi) is 5.73. The first-order chi connectivity index (χ1) is 14.1. The van der Waals surface area contributed by atoms with Gasteiger partial charge < -0.3 is 9.47 Å². The minimum Gasteiger partial charge on any atom is -0.494 e. The highest BCUT2D eigenvalue weighted by atomic mass is 32.2. The molecule has 2 heterocycles. The number of para-hydroxylation sites is 2. The highest BCUT2D eigenvalue weighted by molar-refractivity contribution is 8.02. The van der Waals surface area contributed by atoms with Crippen LogP contribution in [0.4, 0.5) is 5.69 Å². The first-order valence-corrected chi connectivity index (χ1v) is 11.1. The maximum absolute atomic E-state index is 13.0. The fraction of sp³-hybridized carbons (Fsp3) is 0.286. The molecule has 1 aliphatic heterocycles. The molecule has 6 nitrogen and oxygen atoms in total. The Labute approximate surface area is 176 Å². The molecule has 0 spiro atoms. The summed E-state index contributed by atoms with van der Waals surface area (Å²) in [6.07, 6.45) is 0.143. The van der Waals surface area contributed by atoms with Gasteiger partial charge in [-0.15, -0.1) is 11.3 Å². The van der Waals surface area contributed by atoms with E-state index in [1.54, 1.807) is 18.2 Å².